The molecule has 21 heavy (non-hydrogen) atoms. The monoisotopic (exact) mass is 279 g/mol. The van der Waals surface area contributed by atoms with Crippen molar-refractivity contribution in [1.82, 2.24) is 0 Å². The Kier molecular flexibility index (Phi) is 4.07. The molecule has 3 rings (SSSR count). The van der Waals surface area contributed by atoms with Gasteiger partial charge in [-0.1, -0.05) is 42.0 Å². The van der Waals surface area contributed by atoms with Crippen LogP contribution in [0.4, 0.5) is 0 Å². The van der Waals surface area contributed by atoms with Gasteiger partial charge in [0.15, 0.2) is 0 Å². The van der Waals surface area contributed by atoms with E-state index in [-0.39, 0.29) is 6.04 Å². The average molecular weight is 279 g/mol. The van der Waals surface area contributed by atoms with E-state index in [0.29, 0.717) is 0 Å². The number of hydrogen-bond donors (Lipinski definition) is 1. The average Bonchev–Trinajstić information content (AvgIpc) is 2.91. The van der Waals surface area contributed by atoms with E-state index in [9.17, 15) is 0 Å². The van der Waals surface area contributed by atoms with Gasteiger partial charge in [0.05, 0.1) is 6.04 Å². The van der Waals surface area contributed by atoms with E-state index < -0.39 is 0 Å². The van der Waals surface area contributed by atoms with Crippen molar-refractivity contribution in [2.45, 2.75) is 32.2 Å². The summed E-state index contributed by atoms with van der Waals surface area (Å²) in [6.45, 7) is 2.09. The molecule has 0 saturated heterocycles. The van der Waals surface area contributed by atoms with Gasteiger partial charge in [0, 0.05) is 5.39 Å². The highest BCUT2D eigenvalue weighted by molar-refractivity contribution is 5.78. The fourth-order valence-electron chi connectivity index (χ4n) is 2.68. The van der Waals surface area contributed by atoms with Crippen LogP contribution < -0.4 is 5.73 Å². The van der Waals surface area contributed by atoms with E-state index >= 15 is 0 Å². The lowest BCUT2D eigenvalue weighted by Crippen LogP contribution is -2.09. The van der Waals surface area contributed by atoms with E-state index in [1.54, 1.807) is 0 Å². The minimum Gasteiger partial charge on any atom is -0.459 e. The first-order chi connectivity index (χ1) is 10.2. The van der Waals surface area contributed by atoms with E-state index in [0.717, 1.165) is 36.0 Å². The van der Waals surface area contributed by atoms with Crippen molar-refractivity contribution in [2.75, 3.05) is 0 Å². The number of hydrogen-bond acceptors (Lipinski definition) is 2. The van der Waals surface area contributed by atoms with Gasteiger partial charge in [-0.15, -0.1) is 0 Å². The molecule has 2 N–H and O–H groups in total. The molecule has 2 aromatic carbocycles. The van der Waals surface area contributed by atoms with Gasteiger partial charge in [-0.05, 0) is 49.9 Å². The molecule has 0 radical (unpaired) electrons. The van der Waals surface area contributed by atoms with Crippen molar-refractivity contribution < 1.29 is 4.42 Å². The summed E-state index contributed by atoms with van der Waals surface area (Å²) in [6, 6.07) is 18.8. The van der Waals surface area contributed by atoms with E-state index in [1.165, 1.54) is 11.1 Å². The fraction of sp³-hybridized carbons (Fsp3) is 0.263. The Balaban J connectivity index is 1.62. The standard InChI is InChI=1S/C19H21NO/c1-14-10-11-18-16(12-14)13-19(21-18)17(20)9-5-8-15-6-3-2-4-7-15/h2-4,6-7,10-13,17H,5,8-9,20H2,1H3. The summed E-state index contributed by atoms with van der Waals surface area (Å²) in [7, 11) is 0. The van der Waals surface area contributed by atoms with Crippen LogP contribution in [0.15, 0.2) is 59.0 Å². The van der Waals surface area contributed by atoms with Crippen molar-refractivity contribution in [1.29, 1.82) is 0 Å². The molecule has 0 spiro atoms. The number of aryl methyl sites for hydroxylation is 2. The maximum Gasteiger partial charge on any atom is 0.134 e. The van der Waals surface area contributed by atoms with E-state index in [1.807, 2.05) is 12.1 Å². The van der Waals surface area contributed by atoms with Crippen LogP contribution in [0.5, 0.6) is 0 Å². The second-order valence-corrected chi connectivity index (χ2v) is 5.67. The molecule has 0 bridgehead atoms. The summed E-state index contributed by atoms with van der Waals surface area (Å²) in [5.41, 5.74) is 9.80. The third-order valence-corrected chi connectivity index (χ3v) is 3.88. The molecule has 0 saturated carbocycles. The lowest BCUT2D eigenvalue weighted by atomic mass is 10.0. The maximum atomic E-state index is 6.27. The summed E-state index contributed by atoms with van der Waals surface area (Å²) in [4.78, 5) is 0. The molecule has 2 nitrogen and oxygen atoms in total. The quantitative estimate of drug-likeness (QED) is 0.731. The number of benzene rings is 2. The van der Waals surface area contributed by atoms with E-state index in [2.05, 4.69) is 49.4 Å². The van der Waals surface area contributed by atoms with Crippen molar-refractivity contribution >= 4 is 11.0 Å². The lowest BCUT2D eigenvalue weighted by molar-refractivity contribution is 0.469. The van der Waals surface area contributed by atoms with Gasteiger partial charge in [-0.3, -0.25) is 0 Å². The number of rotatable bonds is 5. The molecule has 108 valence electrons. The molecule has 0 amide bonds. The summed E-state index contributed by atoms with van der Waals surface area (Å²) < 4.78 is 5.86. The molecule has 1 heterocycles. The first-order valence-electron chi connectivity index (χ1n) is 7.52. The van der Waals surface area contributed by atoms with Crippen LogP contribution in [0.2, 0.25) is 0 Å². The normalized spacial score (nSPS) is 12.7. The Hall–Kier alpha value is -2.06. The van der Waals surface area contributed by atoms with Gasteiger partial charge in [0.25, 0.3) is 0 Å². The van der Waals surface area contributed by atoms with Crippen molar-refractivity contribution in [3.05, 3.63) is 71.5 Å². The Bertz CT molecular complexity index is 715. The first kappa shape index (κ1) is 13.9. The number of furan rings is 1. The van der Waals surface area contributed by atoms with Gasteiger partial charge in [0.2, 0.25) is 0 Å². The second-order valence-electron chi connectivity index (χ2n) is 5.67. The molecule has 0 fully saturated rings. The Labute approximate surface area is 125 Å². The number of fused-ring (bicyclic) bond motifs is 1. The zero-order valence-corrected chi connectivity index (χ0v) is 12.4. The highest BCUT2D eigenvalue weighted by atomic mass is 16.3. The smallest absolute Gasteiger partial charge is 0.134 e. The van der Waals surface area contributed by atoms with Crippen LogP contribution in [0, 0.1) is 6.92 Å². The van der Waals surface area contributed by atoms with E-state index in [4.69, 9.17) is 10.2 Å². The molecule has 1 atom stereocenters. The predicted octanol–water partition coefficient (Wildman–Crippen LogP) is 4.76. The highest BCUT2D eigenvalue weighted by Crippen LogP contribution is 2.26. The molecule has 3 aromatic rings. The molecule has 0 aliphatic heterocycles. The third-order valence-electron chi connectivity index (χ3n) is 3.88. The third kappa shape index (κ3) is 3.34. The maximum absolute atomic E-state index is 6.27. The minimum atomic E-state index is -0.0265. The SMILES string of the molecule is Cc1ccc2oc(C(N)CCCc3ccccc3)cc2c1. The zero-order valence-electron chi connectivity index (χ0n) is 12.4. The van der Waals surface area contributed by atoms with Gasteiger partial charge >= 0.3 is 0 Å². The van der Waals surface area contributed by atoms with Gasteiger partial charge in [-0.25, -0.2) is 0 Å². The topological polar surface area (TPSA) is 39.2 Å². The molecular formula is C19H21NO. The van der Waals surface area contributed by atoms with Crippen molar-refractivity contribution in [3.8, 4) is 0 Å². The molecular weight excluding hydrogens is 258 g/mol. The molecule has 2 heteroatoms. The molecule has 1 aromatic heterocycles. The van der Waals surface area contributed by atoms with Crippen LogP contribution in [-0.4, -0.2) is 0 Å². The molecule has 0 aliphatic rings. The Morgan fingerprint density at radius 3 is 2.67 bits per heavy atom. The van der Waals surface area contributed by atoms with Gasteiger partial charge in [-0.2, -0.15) is 0 Å². The lowest BCUT2D eigenvalue weighted by Gasteiger charge is -2.08. The fourth-order valence-corrected chi connectivity index (χ4v) is 2.68. The minimum absolute atomic E-state index is 0.0265. The predicted molar refractivity (Wildman–Crippen MR) is 87.3 cm³/mol. The zero-order chi connectivity index (χ0) is 14.7. The van der Waals surface area contributed by atoms with Crippen LogP contribution in [0.3, 0.4) is 0 Å². The van der Waals surface area contributed by atoms with Crippen LogP contribution in [0.1, 0.15) is 35.8 Å². The second kappa shape index (κ2) is 6.15. The highest BCUT2D eigenvalue weighted by Gasteiger charge is 2.12. The first-order valence-corrected chi connectivity index (χ1v) is 7.52. The molecule has 0 aliphatic carbocycles. The largest absolute Gasteiger partial charge is 0.459 e. The Morgan fingerprint density at radius 2 is 1.86 bits per heavy atom. The van der Waals surface area contributed by atoms with Crippen LogP contribution in [0.25, 0.3) is 11.0 Å². The summed E-state index contributed by atoms with van der Waals surface area (Å²) in [5, 5.41) is 1.14. The summed E-state index contributed by atoms with van der Waals surface area (Å²) >= 11 is 0. The van der Waals surface area contributed by atoms with Crippen molar-refractivity contribution in [2.24, 2.45) is 5.73 Å². The summed E-state index contributed by atoms with van der Waals surface area (Å²) in [5.74, 6) is 0.892. The van der Waals surface area contributed by atoms with Crippen LogP contribution >= 0.6 is 0 Å². The number of nitrogens with two attached hydrogens (primary N) is 1. The summed E-state index contributed by atoms with van der Waals surface area (Å²) in [6.07, 6.45) is 3.07. The van der Waals surface area contributed by atoms with Crippen molar-refractivity contribution in [3.63, 3.8) is 0 Å². The molecule has 1 unspecified atom stereocenters. The van der Waals surface area contributed by atoms with Gasteiger partial charge in [0.1, 0.15) is 11.3 Å². The Morgan fingerprint density at radius 1 is 1.05 bits per heavy atom. The van der Waals surface area contributed by atoms with Crippen LogP contribution in [-0.2, 0) is 6.42 Å². The van der Waals surface area contributed by atoms with Gasteiger partial charge < -0.3 is 10.2 Å².